The van der Waals surface area contributed by atoms with E-state index in [1.807, 2.05) is 36.6 Å². The molecule has 1 aromatic carbocycles. The molecule has 0 N–H and O–H groups in total. The van der Waals surface area contributed by atoms with Crippen LogP contribution in [0.2, 0.25) is 0 Å². The lowest BCUT2D eigenvalue weighted by atomic mass is 10.1. The molecule has 21 heavy (non-hydrogen) atoms. The number of hydrogen-bond donors (Lipinski definition) is 0. The number of unbranched alkanes of at least 4 members (excludes halogenated alkanes) is 1. The smallest absolute Gasteiger partial charge is 0.215 e. The van der Waals surface area contributed by atoms with E-state index >= 15 is 0 Å². The minimum atomic E-state index is 0.697. The first-order valence-electron chi connectivity index (χ1n) is 7.49. The van der Waals surface area contributed by atoms with Crippen molar-refractivity contribution >= 4 is 5.78 Å². The van der Waals surface area contributed by atoms with E-state index in [-0.39, 0.29) is 0 Å². The molecule has 2 heterocycles. The van der Waals surface area contributed by atoms with Gasteiger partial charge in [0.2, 0.25) is 0 Å². The van der Waals surface area contributed by atoms with E-state index < -0.39 is 0 Å². The molecular weight excluding hydrogens is 260 g/mol. The summed E-state index contributed by atoms with van der Waals surface area (Å²) >= 11 is 0. The van der Waals surface area contributed by atoms with Gasteiger partial charge in [-0.05, 0) is 26.7 Å². The molecule has 0 saturated heterocycles. The molecule has 0 spiro atoms. The number of fused-ring (bicyclic) bond motifs is 1. The molecule has 108 valence electrons. The van der Waals surface area contributed by atoms with Crippen molar-refractivity contribution in [1.82, 2.24) is 19.6 Å². The molecule has 3 aromatic rings. The highest BCUT2D eigenvalue weighted by Crippen LogP contribution is 2.25. The maximum atomic E-state index is 4.73. The number of aryl methyl sites for hydroxylation is 3. The predicted octanol–water partition coefficient (Wildman–Crippen LogP) is 3.75. The zero-order chi connectivity index (χ0) is 14.8. The Morgan fingerprint density at radius 1 is 1.00 bits per heavy atom. The first kappa shape index (κ1) is 13.7. The topological polar surface area (TPSA) is 43.1 Å². The average molecular weight is 280 g/mol. The molecule has 0 saturated carbocycles. The van der Waals surface area contributed by atoms with Gasteiger partial charge in [-0.2, -0.15) is 5.10 Å². The lowest BCUT2D eigenvalue weighted by molar-refractivity contribution is 0.732. The lowest BCUT2D eigenvalue weighted by Crippen LogP contribution is -2.04. The summed E-state index contributed by atoms with van der Waals surface area (Å²) in [6.45, 7) is 6.17. The summed E-state index contributed by atoms with van der Waals surface area (Å²) in [6.07, 6.45) is 3.25. The summed E-state index contributed by atoms with van der Waals surface area (Å²) in [5.41, 5.74) is 5.19. The molecule has 0 bridgehead atoms. The van der Waals surface area contributed by atoms with E-state index in [1.165, 1.54) is 0 Å². The maximum absolute atomic E-state index is 4.73. The summed E-state index contributed by atoms with van der Waals surface area (Å²) < 4.78 is 1.92. The Bertz CT molecular complexity index is 759. The minimum Gasteiger partial charge on any atom is -0.215 e. The number of nitrogens with zero attached hydrogens (tertiary/aromatic N) is 4. The Morgan fingerprint density at radius 2 is 1.76 bits per heavy atom. The highest BCUT2D eigenvalue weighted by Gasteiger charge is 2.16. The number of aromatic nitrogens is 4. The standard InChI is InChI=1S/C17H20N4/c1-4-5-11-15-16(14-9-7-6-8-10-14)19-17-18-12(2)13(3)20-21(15)17/h6-10H,4-5,11H2,1-3H3. The molecule has 4 heteroatoms. The van der Waals surface area contributed by atoms with E-state index in [0.29, 0.717) is 5.78 Å². The monoisotopic (exact) mass is 280 g/mol. The van der Waals surface area contributed by atoms with Crippen molar-refractivity contribution in [2.24, 2.45) is 0 Å². The van der Waals surface area contributed by atoms with Crippen LogP contribution >= 0.6 is 0 Å². The first-order chi connectivity index (χ1) is 10.2. The summed E-state index contributed by atoms with van der Waals surface area (Å²) in [7, 11) is 0. The van der Waals surface area contributed by atoms with Crippen LogP contribution < -0.4 is 0 Å². The van der Waals surface area contributed by atoms with Gasteiger partial charge >= 0.3 is 0 Å². The summed E-state index contributed by atoms with van der Waals surface area (Å²) in [5.74, 6) is 0.697. The lowest BCUT2D eigenvalue weighted by Gasteiger charge is -2.05. The number of hydrogen-bond acceptors (Lipinski definition) is 3. The van der Waals surface area contributed by atoms with Crippen LogP contribution in [0.3, 0.4) is 0 Å². The maximum Gasteiger partial charge on any atom is 0.251 e. The van der Waals surface area contributed by atoms with Crippen molar-refractivity contribution in [2.45, 2.75) is 40.0 Å². The van der Waals surface area contributed by atoms with E-state index in [4.69, 9.17) is 4.98 Å². The molecule has 0 aliphatic rings. The Labute approximate surface area is 124 Å². The van der Waals surface area contributed by atoms with Crippen LogP contribution in [0.25, 0.3) is 17.0 Å². The van der Waals surface area contributed by atoms with Gasteiger partial charge in [-0.3, -0.25) is 0 Å². The second kappa shape index (κ2) is 5.64. The van der Waals surface area contributed by atoms with Crippen molar-refractivity contribution in [3.05, 3.63) is 47.4 Å². The second-order valence-corrected chi connectivity index (χ2v) is 5.37. The third-order valence-corrected chi connectivity index (χ3v) is 3.79. The fourth-order valence-corrected chi connectivity index (χ4v) is 2.46. The van der Waals surface area contributed by atoms with Gasteiger partial charge in [0.05, 0.1) is 22.8 Å². The highest BCUT2D eigenvalue weighted by molar-refractivity contribution is 5.65. The van der Waals surface area contributed by atoms with Gasteiger partial charge in [0.15, 0.2) is 0 Å². The number of imidazole rings is 1. The Hall–Kier alpha value is -2.23. The SMILES string of the molecule is CCCCc1c(-c2ccccc2)nc2nc(C)c(C)nn12. The average Bonchev–Trinajstić information content (AvgIpc) is 2.84. The van der Waals surface area contributed by atoms with Gasteiger partial charge in [0.25, 0.3) is 5.78 Å². The molecule has 0 aliphatic carbocycles. The Kier molecular flexibility index (Phi) is 3.69. The van der Waals surface area contributed by atoms with Gasteiger partial charge in [-0.1, -0.05) is 43.7 Å². The van der Waals surface area contributed by atoms with Crippen LogP contribution in [0.15, 0.2) is 30.3 Å². The second-order valence-electron chi connectivity index (χ2n) is 5.37. The van der Waals surface area contributed by atoms with Crippen LogP contribution in [0.4, 0.5) is 0 Å². The van der Waals surface area contributed by atoms with Crippen LogP contribution in [0.5, 0.6) is 0 Å². The first-order valence-corrected chi connectivity index (χ1v) is 7.49. The molecule has 0 aliphatic heterocycles. The summed E-state index contributed by atoms with van der Waals surface area (Å²) in [6, 6.07) is 10.3. The van der Waals surface area contributed by atoms with Crippen LogP contribution in [-0.4, -0.2) is 19.6 Å². The summed E-state index contributed by atoms with van der Waals surface area (Å²) in [4.78, 5) is 9.31. The van der Waals surface area contributed by atoms with Crippen LogP contribution in [-0.2, 0) is 6.42 Å². The zero-order valence-electron chi connectivity index (χ0n) is 12.8. The molecule has 0 unspecified atom stereocenters. The van der Waals surface area contributed by atoms with E-state index in [9.17, 15) is 0 Å². The molecule has 0 fully saturated rings. The van der Waals surface area contributed by atoms with Crippen LogP contribution in [0, 0.1) is 13.8 Å². The van der Waals surface area contributed by atoms with Gasteiger partial charge in [-0.15, -0.1) is 0 Å². The van der Waals surface area contributed by atoms with Gasteiger partial charge in [-0.25, -0.2) is 14.5 Å². The minimum absolute atomic E-state index is 0.697. The number of benzene rings is 1. The van der Waals surface area contributed by atoms with E-state index in [1.54, 1.807) is 0 Å². The van der Waals surface area contributed by atoms with Gasteiger partial charge in [0, 0.05) is 5.56 Å². The molecule has 0 amide bonds. The third-order valence-electron chi connectivity index (χ3n) is 3.79. The predicted molar refractivity (Wildman–Crippen MR) is 84.3 cm³/mol. The van der Waals surface area contributed by atoms with Crippen molar-refractivity contribution in [3.8, 4) is 11.3 Å². The van der Waals surface area contributed by atoms with Crippen molar-refractivity contribution < 1.29 is 0 Å². The molecule has 4 nitrogen and oxygen atoms in total. The molecule has 0 radical (unpaired) electrons. The van der Waals surface area contributed by atoms with E-state index in [0.717, 1.165) is 47.6 Å². The molecule has 0 atom stereocenters. The zero-order valence-corrected chi connectivity index (χ0v) is 12.8. The largest absolute Gasteiger partial charge is 0.251 e. The Balaban J connectivity index is 2.22. The third kappa shape index (κ3) is 2.53. The molecule has 2 aromatic heterocycles. The van der Waals surface area contributed by atoms with Gasteiger partial charge < -0.3 is 0 Å². The van der Waals surface area contributed by atoms with Crippen LogP contribution in [0.1, 0.15) is 36.8 Å². The molecular formula is C17H20N4. The van der Waals surface area contributed by atoms with Crippen molar-refractivity contribution in [1.29, 1.82) is 0 Å². The fourth-order valence-electron chi connectivity index (χ4n) is 2.46. The fraction of sp³-hybridized carbons (Fsp3) is 0.353. The quantitative estimate of drug-likeness (QED) is 0.731. The number of rotatable bonds is 4. The summed E-state index contributed by atoms with van der Waals surface area (Å²) in [5, 5.41) is 4.67. The highest BCUT2D eigenvalue weighted by atomic mass is 15.3. The molecule has 3 rings (SSSR count). The van der Waals surface area contributed by atoms with Crippen molar-refractivity contribution in [3.63, 3.8) is 0 Å². The Morgan fingerprint density at radius 3 is 2.48 bits per heavy atom. The van der Waals surface area contributed by atoms with Crippen molar-refractivity contribution in [2.75, 3.05) is 0 Å². The van der Waals surface area contributed by atoms with Gasteiger partial charge in [0.1, 0.15) is 0 Å². The van der Waals surface area contributed by atoms with E-state index in [2.05, 4.69) is 29.1 Å². The normalized spacial score (nSPS) is 11.2.